The fourth-order valence-corrected chi connectivity index (χ4v) is 2.23. The van der Waals surface area contributed by atoms with Crippen LogP contribution in [0.5, 0.6) is 0 Å². The van der Waals surface area contributed by atoms with Gasteiger partial charge in [-0.15, -0.1) is 24.0 Å². The number of nitrogens with zero attached hydrogens (tertiary/aromatic N) is 1. The molecule has 0 amide bonds. The summed E-state index contributed by atoms with van der Waals surface area (Å²) < 4.78 is 4.63. The van der Waals surface area contributed by atoms with Gasteiger partial charge in [0.2, 0.25) is 0 Å². The molecule has 0 aliphatic rings. The molecule has 0 saturated heterocycles. The molecule has 0 spiro atoms. The first-order chi connectivity index (χ1) is 11.1. The van der Waals surface area contributed by atoms with Crippen molar-refractivity contribution in [2.45, 2.75) is 46.6 Å². The van der Waals surface area contributed by atoms with E-state index in [-0.39, 0.29) is 29.9 Å². The monoisotopic (exact) mass is 447 g/mol. The summed E-state index contributed by atoms with van der Waals surface area (Å²) in [5.41, 5.74) is 3.77. The number of aryl methyl sites for hydroxylation is 2. The van der Waals surface area contributed by atoms with E-state index in [1.807, 2.05) is 6.92 Å². The minimum absolute atomic E-state index is 0. The normalized spacial score (nSPS) is 10.8. The Morgan fingerprint density at radius 1 is 1.21 bits per heavy atom. The Labute approximate surface area is 162 Å². The largest absolute Gasteiger partial charge is 0.469 e. The van der Waals surface area contributed by atoms with Gasteiger partial charge in [-0.2, -0.15) is 0 Å². The summed E-state index contributed by atoms with van der Waals surface area (Å²) in [4.78, 5) is 15.7. The Balaban J connectivity index is 0.00000529. The summed E-state index contributed by atoms with van der Waals surface area (Å²) in [5, 5.41) is 6.54. The van der Waals surface area contributed by atoms with E-state index in [2.05, 4.69) is 52.4 Å². The molecular weight excluding hydrogens is 417 g/mol. The number of methoxy groups -OCH3 is 1. The van der Waals surface area contributed by atoms with Crippen LogP contribution in [0.1, 0.15) is 42.9 Å². The van der Waals surface area contributed by atoms with E-state index in [4.69, 9.17) is 0 Å². The molecule has 136 valence electrons. The van der Waals surface area contributed by atoms with Gasteiger partial charge in [0.05, 0.1) is 13.7 Å². The molecule has 1 aromatic carbocycles. The third-order valence-corrected chi connectivity index (χ3v) is 3.58. The number of ether oxygens (including phenoxy) is 1. The number of aliphatic imine (C=N–C) groups is 1. The van der Waals surface area contributed by atoms with Gasteiger partial charge in [0.25, 0.3) is 0 Å². The lowest BCUT2D eigenvalue weighted by atomic mass is 10.1. The number of nitrogens with one attached hydrogen (secondary N) is 2. The fraction of sp³-hybridized carbons (Fsp3) is 0.556. The van der Waals surface area contributed by atoms with Crippen LogP contribution in [0.4, 0.5) is 0 Å². The molecule has 1 rings (SSSR count). The van der Waals surface area contributed by atoms with Gasteiger partial charge < -0.3 is 15.4 Å². The highest BCUT2D eigenvalue weighted by molar-refractivity contribution is 14.0. The number of hydrogen-bond acceptors (Lipinski definition) is 3. The summed E-state index contributed by atoms with van der Waals surface area (Å²) in [7, 11) is 1.42. The van der Waals surface area contributed by atoms with E-state index in [1.165, 1.54) is 23.8 Å². The molecule has 0 radical (unpaired) electrons. The fourth-order valence-electron chi connectivity index (χ4n) is 2.23. The summed E-state index contributed by atoms with van der Waals surface area (Å²) in [6.07, 6.45) is 2.19. The van der Waals surface area contributed by atoms with Crippen molar-refractivity contribution in [3.05, 3.63) is 34.9 Å². The van der Waals surface area contributed by atoms with Crippen molar-refractivity contribution < 1.29 is 9.53 Å². The van der Waals surface area contributed by atoms with Gasteiger partial charge in [0.15, 0.2) is 5.96 Å². The van der Waals surface area contributed by atoms with Crippen molar-refractivity contribution in [3.63, 3.8) is 0 Å². The number of halogens is 1. The van der Waals surface area contributed by atoms with Crippen molar-refractivity contribution in [1.29, 1.82) is 0 Å². The molecular formula is C18H30IN3O2. The number of carbonyl (C=O) groups is 1. The minimum Gasteiger partial charge on any atom is -0.469 e. The van der Waals surface area contributed by atoms with E-state index < -0.39 is 0 Å². The van der Waals surface area contributed by atoms with Crippen LogP contribution in [-0.2, 0) is 16.1 Å². The zero-order valence-electron chi connectivity index (χ0n) is 15.1. The first-order valence-electron chi connectivity index (χ1n) is 8.22. The van der Waals surface area contributed by atoms with Crippen molar-refractivity contribution in [2.75, 3.05) is 20.2 Å². The lowest BCUT2D eigenvalue weighted by Crippen LogP contribution is -2.37. The van der Waals surface area contributed by atoms with Gasteiger partial charge in [0.1, 0.15) is 0 Å². The highest BCUT2D eigenvalue weighted by Gasteiger charge is 2.02. The molecule has 0 fully saturated rings. The molecule has 6 heteroatoms. The van der Waals surface area contributed by atoms with Gasteiger partial charge in [-0.1, -0.05) is 23.8 Å². The number of hydrogen-bond donors (Lipinski definition) is 2. The SMILES string of the molecule is CCNC(=NCc1ccc(C)cc1C)NCCCCC(=O)OC.I. The lowest BCUT2D eigenvalue weighted by molar-refractivity contribution is -0.140. The Bertz CT molecular complexity index is 533. The van der Waals surface area contributed by atoms with Crippen LogP contribution in [0, 0.1) is 13.8 Å². The Morgan fingerprint density at radius 2 is 1.96 bits per heavy atom. The van der Waals surface area contributed by atoms with Crippen LogP contribution < -0.4 is 10.6 Å². The molecule has 0 bridgehead atoms. The highest BCUT2D eigenvalue weighted by atomic mass is 127. The summed E-state index contributed by atoms with van der Waals surface area (Å²) in [6, 6.07) is 6.43. The maximum atomic E-state index is 11.0. The van der Waals surface area contributed by atoms with Crippen molar-refractivity contribution in [3.8, 4) is 0 Å². The Morgan fingerprint density at radius 3 is 2.58 bits per heavy atom. The van der Waals surface area contributed by atoms with Crippen LogP contribution in [-0.4, -0.2) is 32.1 Å². The maximum Gasteiger partial charge on any atom is 0.305 e. The van der Waals surface area contributed by atoms with Crippen molar-refractivity contribution in [1.82, 2.24) is 10.6 Å². The van der Waals surface area contributed by atoms with Crippen molar-refractivity contribution >= 4 is 35.9 Å². The smallest absolute Gasteiger partial charge is 0.305 e. The summed E-state index contributed by atoms with van der Waals surface area (Å²) >= 11 is 0. The summed E-state index contributed by atoms with van der Waals surface area (Å²) in [6.45, 7) is 8.52. The lowest BCUT2D eigenvalue weighted by Gasteiger charge is -2.12. The highest BCUT2D eigenvalue weighted by Crippen LogP contribution is 2.11. The first kappa shape index (κ1) is 22.7. The predicted octanol–water partition coefficient (Wildman–Crippen LogP) is 3.32. The van der Waals surface area contributed by atoms with Crippen LogP contribution in [0.25, 0.3) is 0 Å². The summed E-state index contributed by atoms with van der Waals surface area (Å²) in [5.74, 6) is 0.658. The predicted molar refractivity (Wildman–Crippen MR) is 110 cm³/mol. The molecule has 2 N–H and O–H groups in total. The topological polar surface area (TPSA) is 62.7 Å². The second kappa shape index (κ2) is 13.0. The molecule has 5 nitrogen and oxygen atoms in total. The molecule has 0 atom stereocenters. The average Bonchev–Trinajstić information content (AvgIpc) is 2.53. The molecule has 0 unspecified atom stereocenters. The Kier molecular flexibility index (Phi) is 12.3. The van der Waals surface area contributed by atoms with E-state index >= 15 is 0 Å². The number of benzene rings is 1. The van der Waals surface area contributed by atoms with Gasteiger partial charge in [-0.25, -0.2) is 4.99 Å². The van der Waals surface area contributed by atoms with Gasteiger partial charge in [-0.05, 0) is 44.7 Å². The zero-order valence-corrected chi connectivity index (χ0v) is 17.5. The zero-order chi connectivity index (χ0) is 17.1. The maximum absolute atomic E-state index is 11.0. The van der Waals surface area contributed by atoms with E-state index in [1.54, 1.807) is 0 Å². The minimum atomic E-state index is -0.152. The number of carbonyl (C=O) groups excluding carboxylic acids is 1. The Hall–Kier alpha value is -1.31. The standard InChI is InChI=1S/C18H29N3O2.HI/c1-5-19-18(20-11-7-6-8-17(22)23-4)21-13-16-10-9-14(2)12-15(16)3;/h9-10,12H,5-8,11,13H2,1-4H3,(H2,19,20,21);1H. The van der Waals surface area contributed by atoms with Crippen LogP contribution >= 0.6 is 24.0 Å². The molecule has 0 heterocycles. The number of rotatable bonds is 8. The number of guanidine groups is 1. The third-order valence-electron chi connectivity index (χ3n) is 3.58. The van der Waals surface area contributed by atoms with E-state index in [0.717, 1.165) is 31.9 Å². The first-order valence-corrected chi connectivity index (χ1v) is 8.22. The van der Waals surface area contributed by atoms with Crippen LogP contribution in [0.2, 0.25) is 0 Å². The molecule has 24 heavy (non-hydrogen) atoms. The second-order valence-electron chi connectivity index (χ2n) is 5.59. The second-order valence-corrected chi connectivity index (χ2v) is 5.59. The van der Waals surface area contributed by atoms with Gasteiger partial charge in [-0.3, -0.25) is 4.79 Å². The number of esters is 1. The quantitative estimate of drug-likeness (QED) is 0.211. The van der Waals surface area contributed by atoms with Gasteiger partial charge in [0, 0.05) is 19.5 Å². The van der Waals surface area contributed by atoms with Gasteiger partial charge >= 0.3 is 5.97 Å². The number of unbranched alkanes of at least 4 members (excludes halogenated alkanes) is 1. The van der Waals surface area contributed by atoms with Crippen LogP contribution in [0.3, 0.4) is 0 Å². The molecule has 0 aliphatic carbocycles. The van der Waals surface area contributed by atoms with Crippen LogP contribution in [0.15, 0.2) is 23.2 Å². The molecule has 0 saturated carbocycles. The average molecular weight is 447 g/mol. The van der Waals surface area contributed by atoms with E-state index in [9.17, 15) is 4.79 Å². The van der Waals surface area contributed by atoms with E-state index in [0.29, 0.717) is 13.0 Å². The molecule has 1 aromatic rings. The molecule has 0 aliphatic heterocycles. The van der Waals surface area contributed by atoms with Crippen molar-refractivity contribution in [2.24, 2.45) is 4.99 Å². The molecule has 0 aromatic heterocycles. The third kappa shape index (κ3) is 9.10.